The van der Waals surface area contributed by atoms with E-state index in [1.54, 1.807) is 0 Å². The van der Waals surface area contributed by atoms with Crippen molar-refractivity contribution in [3.8, 4) is 56.0 Å². The summed E-state index contributed by atoms with van der Waals surface area (Å²) in [7, 11) is 0. The third-order valence-electron chi connectivity index (χ3n) is 12.1. The summed E-state index contributed by atoms with van der Waals surface area (Å²) in [6.45, 7) is 4.65. The Morgan fingerprint density at radius 1 is 0.491 bits per heavy atom. The fourth-order valence-corrected chi connectivity index (χ4v) is 9.51. The second-order valence-electron chi connectivity index (χ2n) is 15.3. The van der Waals surface area contributed by atoms with Crippen LogP contribution in [0.1, 0.15) is 47.2 Å². The van der Waals surface area contributed by atoms with Gasteiger partial charge < -0.3 is 0 Å². The SMILES string of the molecule is CC1(C)c2ccccc2-c2ccc(-c3nc(-c4ccc5c(c4)C(c4ccccc4)(c4ccccc4)c4ccccc4-5)cn4c(-c5ccncc5)cnc34)cc21. The van der Waals surface area contributed by atoms with Crippen LogP contribution in [0.15, 0.2) is 183 Å². The molecule has 11 rings (SSSR count). The first-order valence-electron chi connectivity index (χ1n) is 18.9. The zero-order valence-electron chi connectivity index (χ0n) is 30.6. The monoisotopic (exact) mass is 704 g/mol. The van der Waals surface area contributed by atoms with Gasteiger partial charge in [0, 0.05) is 40.7 Å². The minimum Gasteiger partial charge on any atom is -0.296 e. The van der Waals surface area contributed by atoms with Crippen LogP contribution in [0.25, 0.3) is 61.7 Å². The molecule has 2 aliphatic carbocycles. The second kappa shape index (κ2) is 11.8. The molecule has 0 unspecified atom stereocenters. The molecule has 3 heterocycles. The van der Waals surface area contributed by atoms with Crippen LogP contribution in [0.3, 0.4) is 0 Å². The molecule has 0 aliphatic heterocycles. The van der Waals surface area contributed by atoms with Crippen LogP contribution in [-0.2, 0) is 10.8 Å². The molecule has 0 saturated heterocycles. The van der Waals surface area contributed by atoms with Gasteiger partial charge in [-0.3, -0.25) is 9.38 Å². The van der Waals surface area contributed by atoms with Crippen LogP contribution in [0.2, 0.25) is 0 Å². The van der Waals surface area contributed by atoms with Crippen LogP contribution >= 0.6 is 0 Å². The topological polar surface area (TPSA) is 43.1 Å². The molecule has 0 fully saturated rings. The number of benzene rings is 6. The van der Waals surface area contributed by atoms with E-state index in [0.29, 0.717) is 0 Å². The number of rotatable bonds is 5. The van der Waals surface area contributed by atoms with E-state index in [1.165, 1.54) is 55.6 Å². The average molecular weight is 705 g/mol. The average Bonchev–Trinajstić information content (AvgIpc) is 3.88. The molecule has 0 spiro atoms. The zero-order chi connectivity index (χ0) is 36.7. The first-order chi connectivity index (χ1) is 27.0. The molecule has 3 aromatic heterocycles. The van der Waals surface area contributed by atoms with E-state index in [9.17, 15) is 0 Å². The molecule has 0 amide bonds. The molecule has 0 N–H and O–H groups in total. The summed E-state index contributed by atoms with van der Waals surface area (Å²) in [5.74, 6) is 0. The highest BCUT2D eigenvalue weighted by atomic mass is 15.0. The number of pyridine rings is 1. The van der Waals surface area contributed by atoms with Gasteiger partial charge in [-0.1, -0.05) is 147 Å². The third-order valence-corrected chi connectivity index (χ3v) is 12.1. The smallest absolute Gasteiger partial charge is 0.164 e. The minimum absolute atomic E-state index is 0.138. The van der Waals surface area contributed by atoms with Crippen molar-refractivity contribution in [2.24, 2.45) is 0 Å². The molecule has 0 bridgehead atoms. The lowest BCUT2D eigenvalue weighted by atomic mass is 9.67. The van der Waals surface area contributed by atoms with E-state index < -0.39 is 5.41 Å². The highest BCUT2D eigenvalue weighted by Crippen LogP contribution is 2.57. The van der Waals surface area contributed by atoms with Crippen molar-refractivity contribution in [2.45, 2.75) is 24.7 Å². The maximum Gasteiger partial charge on any atom is 0.164 e. The van der Waals surface area contributed by atoms with Gasteiger partial charge in [0.1, 0.15) is 5.69 Å². The summed E-state index contributed by atoms with van der Waals surface area (Å²) in [6.07, 6.45) is 7.79. The van der Waals surface area contributed by atoms with Gasteiger partial charge in [-0.2, -0.15) is 0 Å². The summed E-state index contributed by atoms with van der Waals surface area (Å²) in [5.41, 5.74) is 18.8. The lowest BCUT2D eigenvalue weighted by Crippen LogP contribution is -2.28. The van der Waals surface area contributed by atoms with Crippen molar-refractivity contribution < 1.29 is 0 Å². The van der Waals surface area contributed by atoms with Crippen LogP contribution < -0.4 is 0 Å². The van der Waals surface area contributed by atoms with Crippen molar-refractivity contribution in [3.63, 3.8) is 0 Å². The lowest BCUT2D eigenvalue weighted by Gasteiger charge is -2.34. The first kappa shape index (κ1) is 31.6. The number of fused-ring (bicyclic) bond motifs is 7. The highest BCUT2D eigenvalue weighted by molar-refractivity contribution is 5.90. The Hall–Kier alpha value is -6.91. The Bertz CT molecular complexity index is 2900. The predicted molar refractivity (Wildman–Crippen MR) is 222 cm³/mol. The molecular formula is C51H36N4. The summed E-state index contributed by atoms with van der Waals surface area (Å²) in [6, 6.07) is 57.4. The Kier molecular flexibility index (Phi) is 6.78. The van der Waals surface area contributed by atoms with Gasteiger partial charge in [0.05, 0.1) is 23.0 Å². The molecule has 0 atom stereocenters. The number of imidazole rings is 1. The van der Waals surface area contributed by atoms with Gasteiger partial charge in [0.15, 0.2) is 5.65 Å². The van der Waals surface area contributed by atoms with E-state index in [2.05, 4.69) is 175 Å². The summed E-state index contributed by atoms with van der Waals surface area (Å²) in [4.78, 5) is 14.9. The predicted octanol–water partition coefficient (Wildman–Crippen LogP) is 11.8. The number of hydrogen-bond acceptors (Lipinski definition) is 3. The van der Waals surface area contributed by atoms with Crippen molar-refractivity contribution in [3.05, 3.63) is 216 Å². The third kappa shape index (κ3) is 4.49. The fourth-order valence-electron chi connectivity index (χ4n) is 9.51. The standard InChI is InChI=1S/C51H36N4/c1-50(2)42-19-11-9-17-38(42)40-24-22-35(30-44(40)50)48-49-53-31-47(33-25-27-52-28-26-33)55(49)32-46(54-48)34-21-23-41-39-18-10-12-20-43(39)51(45(41)29-34,36-13-5-3-6-14-36)37-15-7-4-8-16-37/h3-32H,1-2H3. The molecule has 0 saturated carbocycles. The number of hydrogen-bond donors (Lipinski definition) is 0. The first-order valence-corrected chi connectivity index (χ1v) is 18.9. The normalized spacial score (nSPS) is 14.3. The summed E-state index contributed by atoms with van der Waals surface area (Å²) >= 11 is 0. The summed E-state index contributed by atoms with van der Waals surface area (Å²) in [5, 5.41) is 0. The maximum absolute atomic E-state index is 5.54. The van der Waals surface area contributed by atoms with Crippen LogP contribution in [0.5, 0.6) is 0 Å². The Labute approximate surface area is 320 Å². The molecule has 4 heteroatoms. The molecule has 260 valence electrons. The Morgan fingerprint density at radius 2 is 1.05 bits per heavy atom. The van der Waals surface area contributed by atoms with E-state index >= 15 is 0 Å². The van der Waals surface area contributed by atoms with Gasteiger partial charge >= 0.3 is 0 Å². The van der Waals surface area contributed by atoms with E-state index in [0.717, 1.165) is 39.4 Å². The zero-order valence-corrected chi connectivity index (χ0v) is 30.6. The molecule has 6 aromatic carbocycles. The largest absolute Gasteiger partial charge is 0.296 e. The van der Waals surface area contributed by atoms with E-state index in [4.69, 9.17) is 9.97 Å². The van der Waals surface area contributed by atoms with Crippen LogP contribution in [-0.4, -0.2) is 19.4 Å². The van der Waals surface area contributed by atoms with Crippen LogP contribution in [0, 0.1) is 0 Å². The van der Waals surface area contributed by atoms with Crippen molar-refractivity contribution in [2.75, 3.05) is 0 Å². The van der Waals surface area contributed by atoms with E-state index in [1.807, 2.05) is 30.7 Å². The number of aromatic nitrogens is 4. The molecule has 2 aliphatic rings. The lowest BCUT2D eigenvalue weighted by molar-refractivity contribution is 0.660. The number of nitrogens with zero attached hydrogens (tertiary/aromatic N) is 4. The Balaban J connectivity index is 1.17. The quantitative estimate of drug-likeness (QED) is 0.179. The van der Waals surface area contributed by atoms with Crippen molar-refractivity contribution in [1.82, 2.24) is 19.4 Å². The molecule has 0 radical (unpaired) electrons. The second-order valence-corrected chi connectivity index (χ2v) is 15.3. The maximum atomic E-state index is 5.54. The minimum atomic E-state index is -0.505. The molecular weight excluding hydrogens is 669 g/mol. The summed E-state index contributed by atoms with van der Waals surface area (Å²) < 4.78 is 2.21. The van der Waals surface area contributed by atoms with Crippen molar-refractivity contribution >= 4 is 5.65 Å². The van der Waals surface area contributed by atoms with Gasteiger partial charge in [-0.15, -0.1) is 0 Å². The Morgan fingerprint density at radius 3 is 1.76 bits per heavy atom. The van der Waals surface area contributed by atoms with Gasteiger partial charge in [0.25, 0.3) is 0 Å². The van der Waals surface area contributed by atoms with Gasteiger partial charge in [0.2, 0.25) is 0 Å². The van der Waals surface area contributed by atoms with Gasteiger partial charge in [-0.25, -0.2) is 9.97 Å². The molecule has 4 nitrogen and oxygen atoms in total. The molecule has 9 aromatic rings. The highest BCUT2D eigenvalue weighted by Gasteiger charge is 2.46. The molecule has 55 heavy (non-hydrogen) atoms. The van der Waals surface area contributed by atoms with Crippen LogP contribution in [0.4, 0.5) is 0 Å². The fraction of sp³-hybridized carbons (Fsp3) is 0.0784. The van der Waals surface area contributed by atoms with E-state index in [-0.39, 0.29) is 5.41 Å². The van der Waals surface area contributed by atoms with Crippen molar-refractivity contribution in [1.29, 1.82) is 0 Å². The van der Waals surface area contributed by atoms with Gasteiger partial charge in [-0.05, 0) is 79.9 Å².